The van der Waals surface area contributed by atoms with Gasteiger partial charge in [0, 0.05) is 24.1 Å². The van der Waals surface area contributed by atoms with Gasteiger partial charge in [0.1, 0.15) is 5.82 Å². The van der Waals surface area contributed by atoms with Crippen LogP contribution in [-0.4, -0.2) is 23.1 Å². The predicted octanol–water partition coefficient (Wildman–Crippen LogP) is 2.96. The van der Waals surface area contributed by atoms with Crippen LogP contribution < -0.4 is 5.32 Å². The van der Waals surface area contributed by atoms with Crippen molar-refractivity contribution in [1.82, 2.24) is 9.97 Å². The van der Waals surface area contributed by atoms with E-state index >= 15 is 0 Å². The predicted molar refractivity (Wildman–Crippen MR) is 79.7 cm³/mol. The number of benzene rings is 1. The van der Waals surface area contributed by atoms with Crippen LogP contribution in [-0.2, 0) is 17.8 Å². The first-order valence-corrected chi connectivity index (χ1v) is 7.07. The van der Waals surface area contributed by atoms with Crippen molar-refractivity contribution in [3.05, 3.63) is 41.1 Å². The van der Waals surface area contributed by atoms with E-state index < -0.39 is 0 Å². The van der Waals surface area contributed by atoms with E-state index in [4.69, 9.17) is 14.7 Å². The normalized spacial score (nSPS) is 13.9. The smallest absolute Gasteiger partial charge is 0.162 e. The molecular weight excluding hydrogens is 250 g/mol. The fraction of sp³-hybridized carbons (Fsp3) is 0.375. The van der Waals surface area contributed by atoms with Gasteiger partial charge in [-0.2, -0.15) is 0 Å². The average Bonchev–Trinajstić information content (AvgIpc) is 2.48. The summed E-state index contributed by atoms with van der Waals surface area (Å²) in [6.07, 6.45) is 0.856. The van der Waals surface area contributed by atoms with Crippen molar-refractivity contribution in [3.63, 3.8) is 0 Å². The van der Waals surface area contributed by atoms with Crippen LogP contribution in [0.2, 0.25) is 0 Å². The Kier molecular flexibility index (Phi) is 3.65. The Morgan fingerprint density at radius 3 is 2.90 bits per heavy atom. The lowest BCUT2D eigenvalue weighted by Gasteiger charge is -2.20. The maximum absolute atomic E-state index is 5.53. The minimum atomic E-state index is 0.603. The molecule has 2 heterocycles. The molecule has 0 radical (unpaired) electrons. The van der Waals surface area contributed by atoms with Gasteiger partial charge in [0.05, 0.1) is 18.9 Å². The molecule has 0 aliphatic carbocycles. The number of hydrogen-bond acceptors (Lipinski definition) is 4. The van der Waals surface area contributed by atoms with Crippen molar-refractivity contribution in [1.29, 1.82) is 0 Å². The molecule has 0 saturated carbocycles. The van der Waals surface area contributed by atoms with Crippen LogP contribution in [0.25, 0.3) is 11.4 Å². The van der Waals surface area contributed by atoms with E-state index in [9.17, 15) is 0 Å². The van der Waals surface area contributed by atoms with Crippen LogP contribution in [0, 0.1) is 6.92 Å². The zero-order chi connectivity index (χ0) is 13.9. The van der Waals surface area contributed by atoms with Gasteiger partial charge < -0.3 is 10.1 Å². The van der Waals surface area contributed by atoms with Gasteiger partial charge in [-0.25, -0.2) is 9.97 Å². The van der Waals surface area contributed by atoms with E-state index in [-0.39, 0.29) is 0 Å². The van der Waals surface area contributed by atoms with Crippen LogP contribution >= 0.6 is 0 Å². The van der Waals surface area contributed by atoms with Crippen molar-refractivity contribution in [3.8, 4) is 11.4 Å². The average molecular weight is 269 g/mol. The van der Waals surface area contributed by atoms with Gasteiger partial charge in [-0.1, -0.05) is 24.3 Å². The molecule has 0 spiro atoms. The molecule has 0 unspecified atom stereocenters. The zero-order valence-electron chi connectivity index (χ0n) is 11.9. The van der Waals surface area contributed by atoms with Gasteiger partial charge >= 0.3 is 0 Å². The lowest BCUT2D eigenvalue weighted by Crippen LogP contribution is -2.17. The summed E-state index contributed by atoms with van der Waals surface area (Å²) < 4.78 is 5.53. The zero-order valence-corrected chi connectivity index (χ0v) is 11.9. The minimum Gasteiger partial charge on any atom is -0.376 e. The highest BCUT2D eigenvalue weighted by Gasteiger charge is 2.19. The maximum Gasteiger partial charge on any atom is 0.162 e. The summed E-state index contributed by atoms with van der Waals surface area (Å²) in [5.74, 6) is 1.72. The van der Waals surface area contributed by atoms with Crippen molar-refractivity contribution in [2.75, 3.05) is 18.5 Å². The monoisotopic (exact) mass is 269 g/mol. The van der Waals surface area contributed by atoms with Crippen molar-refractivity contribution in [2.24, 2.45) is 0 Å². The molecule has 0 amide bonds. The third kappa shape index (κ3) is 2.39. The van der Waals surface area contributed by atoms with Crippen molar-refractivity contribution in [2.45, 2.75) is 26.9 Å². The number of aromatic nitrogens is 2. The lowest BCUT2D eigenvalue weighted by atomic mass is 10.1. The first kappa shape index (κ1) is 13.1. The van der Waals surface area contributed by atoms with E-state index in [1.165, 1.54) is 5.56 Å². The highest BCUT2D eigenvalue weighted by Crippen LogP contribution is 2.27. The van der Waals surface area contributed by atoms with Crippen molar-refractivity contribution < 1.29 is 4.74 Å². The number of hydrogen-bond donors (Lipinski definition) is 1. The largest absolute Gasteiger partial charge is 0.376 e. The molecule has 4 heteroatoms. The molecular formula is C16H19N3O. The Labute approximate surface area is 119 Å². The van der Waals surface area contributed by atoms with Crippen LogP contribution in [0.1, 0.15) is 23.7 Å². The molecule has 1 aliphatic rings. The number of nitrogens with zero attached hydrogens (tertiary/aromatic N) is 2. The van der Waals surface area contributed by atoms with Crippen molar-refractivity contribution >= 4 is 5.82 Å². The second-order valence-corrected chi connectivity index (χ2v) is 4.97. The molecule has 1 N–H and O–H groups in total. The summed E-state index contributed by atoms with van der Waals surface area (Å²) in [5, 5.41) is 3.33. The van der Waals surface area contributed by atoms with E-state index in [0.29, 0.717) is 6.61 Å². The van der Waals surface area contributed by atoms with Gasteiger partial charge in [0.25, 0.3) is 0 Å². The molecule has 0 saturated heterocycles. The molecule has 1 aromatic carbocycles. The number of rotatable bonds is 3. The number of aryl methyl sites for hydroxylation is 1. The van der Waals surface area contributed by atoms with Gasteiger partial charge in [0.15, 0.2) is 5.82 Å². The first-order chi connectivity index (χ1) is 9.79. The van der Waals surface area contributed by atoms with Gasteiger partial charge in [-0.15, -0.1) is 0 Å². The van der Waals surface area contributed by atoms with Gasteiger partial charge in [-0.3, -0.25) is 0 Å². The summed E-state index contributed by atoms with van der Waals surface area (Å²) >= 11 is 0. The second-order valence-electron chi connectivity index (χ2n) is 4.97. The molecule has 20 heavy (non-hydrogen) atoms. The SMILES string of the molecule is CCNc1nc(-c2ccccc2C)nc2c1COCC2. The molecule has 2 aromatic rings. The first-order valence-electron chi connectivity index (χ1n) is 7.07. The van der Waals surface area contributed by atoms with E-state index in [1.54, 1.807) is 0 Å². The highest BCUT2D eigenvalue weighted by molar-refractivity contribution is 5.63. The minimum absolute atomic E-state index is 0.603. The van der Waals surface area contributed by atoms with E-state index in [1.807, 2.05) is 12.1 Å². The molecule has 0 fully saturated rings. The van der Waals surface area contributed by atoms with Crippen LogP contribution in [0.15, 0.2) is 24.3 Å². The third-order valence-electron chi connectivity index (χ3n) is 3.55. The third-order valence-corrected chi connectivity index (χ3v) is 3.55. The fourth-order valence-corrected chi connectivity index (χ4v) is 2.49. The highest BCUT2D eigenvalue weighted by atomic mass is 16.5. The van der Waals surface area contributed by atoms with E-state index in [0.717, 1.165) is 48.0 Å². The number of nitrogens with one attached hydrogen (secondary N) is 1. The summed E-state index contributed by atoms with van der Waals surface area (Å²) in [6, 6.07) is 8.23. The number of ether oxygens (including phenoxy) is 1. The standard InChI is InChI=1S/C16H19N3O/c1-3-17-15-13-10-20-9-8-14(13)18-16(19-15)12-7-5-4-6-11(12)2/h4-7H,3,8-10H2,1-2H3,(H,17,18,19). The maximum atomic E-state index is 5.53. The molecule has 0 bridgehead atoms. The number of fused-ring (bicyclic) bond motifs is 1. The van der Waals surface area contributed by atoms with Gasteiger partial charge in [-0.05, 0) is 19.4 Å². The lowest BCUT2D eigenvalue weighted by molar-refractivity contribution is 0.109. The Bertz CT molecular complexity index is 625. The molecule has 4 nitrogen and oxygen atoms in total. The quantitative estimate of drug-likeness (QED) is 0.930. The molecule has 104 valence electrons. The Morgan fingerprint density at radius 2 is 2.10 bits per heavy atom. The second kappa shape index (κ2) is 5.59. The van der Waals surface area contributed by atoms with E-state index in [2.05, 4.69) is 31.3 Å². The Balaban J connectivity index is 2.13. The number of anilines is 1. The van der Waals surface area contributed by atoms with Crippen LogP contribution in [0.3, 0.4) is 0 Å². The summed E-state index contributed by atoms with van der Waals surface area (Å²) in [6.45, 7) is 6.35. The Morgan fingerprint density at radius 1 is 1.25 bits per heavy atom. The summed E-state index contributed by atoms with van der Waals surface area (Å²) in [5.41, 5.74) is 4.51. The molecule has 0 atom stereocenters. The Hall–Kier alpha value is -1.94. The van der Waals surface area contributed by atoms with Crippen LogP contribution in [0.4, 0.5) is 5.82 Å². The summed E-state index contributed by atoms with van der Waals surface area (Å²) in [7, 11) is 0. The van der Waals surface area contributed by atoms with Gasteiger partial charge in [0.2, 0.25) is 0 Å². The topological polar surface area (TPSA) is 47.0 Å². The van der Waals surface area contributed by atoms with Crippen LogP contribution in [0.5, 0.6) is 0 Å². The molecule has 1 aromatic heterocycles. The fourth-order valence-electron chi connectivity index (χ4n) is 2.49. The summed E-state index contributed by atoms with van der Waals surface area (Å²) in [4.78, 5) is 9.46. The molecule has 1 aliphatic heterocycles. The molecule has 3 rings (SSSR count).